The molecule has 0 aliphatic carbocycles. The van der Waals surface area contributed by atoms with Gasteiger partial charge in [-0.1, -0.05) is 18.2 Å². The van der Waals surface area contributed by atoms with Gasteiger partial charge in [0.25, 0.3) is 0 Å². The van der Waals surface area contributed by atoms with E-state index in [4.69, 9.17) is 9.41 Å². The van der Waals surface area contributed by atoms with Crippen molar-refractivity contribution in [2.75, 3.05) is 44.2 Å². The lowest BCUT2D eigenvalue weighted by Crippen LogP contribution is -2.53. The molecule has 0 radical (unpaired) electrons. The van der Waals surface area contributed by atoms with Crippen LogP contribution in [0.1, 0.15) is 12.7 Å². The van der Waals surface area contributed by atoms with E-state index in [9.17, 15) is 0 Å². The SMILES string of the molecule is CCNC(=NCCc1cc2ccccc2o1)N1CCN(c2ncccn2)CC1.I. The zero-order valence-electron chi connectivity index (χ0n) is 16.6. The smallest absolute Gasteiger partial charge is 0.225 e. The van der Waals surface area contributed by atoms with E-state index in [-0.39, 0.29) is 24.0 Å². The van der Waals surface area contributed by atoms with E-state index >= 15 is 0 Å². The van der Waals surface area contributed by atoms with Crippen LogP contribution < -0.4 is 10.2 Å². The first-order valence-electron chi connectivity index (χ1n) is 9.86. The molecule has 1 aliphatic heterocycles. The predicted molar refractivity (Wildman–Crippen MR) is 127 cm³/mol. The molecule has 0 spiro atoms. The molecule has 4 rings (SSSR count). The maximum Gasteiger partial charge on any atom is 0.225 e. The summed E-state index contributed by atoms with van der Waals surface area (Å²) >= 11 is 0. The summed E-state index contributed by atoms with van der Waals surface area (Å²) in [4.78, 5) is 18.0. The Kier molecular flexibility index (Phi) is 7.68. The quantitative estimate of drug-likeness (QED) is 0.326. The van der Waals surface area contributed by atoms with Crippen molar-refractivity contribution in [3.63, 3.8) is 0 Å². The molecule has 29 heavy (non-hydrogen) atoms. The molecule has 0 unspecified atom stereocenters. The van der Waals surface area contributed by atoms with Crippen molar-refractivity contribution in [1.82, 2.24) is 20.2 Å². The van der Waals surface area contributed by atoms with Gasteiger partial charge in [-0.3, -0.25) is 4.99 Å². The monoisotopic (exact) mass is 506 g/mol. The second kappa shape index (κ2) is 10.4. The minimum absolute atomic E-state index is 0. The molecule has 154 valence electrons. The summed E-state index contributed by atoms with van der Waals surface area (Å²) in [6.45, 7) is 7.22. The van der Waals surface area contributed by atoms with Crippen LogP contribution >= 0.6 is 24.0 Å². The van der Waals surface area contributed by atoms with Crippen LogP contribution in [0.3, 0.4) is 0 Å². The predicted octanol–water partition coefficient (Wildman–Crippen LogP) is 3.17. The van der Waals surface area contributed by atoms with E-state index in [2.05, 4.69) is 44.1 Å². The molecule has 1 aromatic carbocycles. The first-order chi connectivity index (χ1) is 13.8. The molecule has 0 amide bonds. The Morgan fingerprint density at radius 3 is 2.59 bits per heavy atom. The third kappa shape index (κ3) is 5.37. The molecular formula is C21H27IN6O. The average Bonchev–Trinajstić information content (AvgIpc) is 3.17. The molecule has 8 heteroatoms. The summed E-state index contributed by atoms with van der Waals surface area (Å²) in [5, 5.41) is 4.56. The van der Waals surface area contributed by atoms with E-state index in [0.717, 1.165) is 67.8 Å². The number of benzene rings is 1. The Balaban J connectivity index is 0.00000240. The summed E-state index contributed by atoms with van der Waals surface area (Å²) in [6, 6.07) is 12.1. The molecule has 7 nitrogen and oxygen atoms in total. The van der Waals surface area contributed by atoms with Crippen LogP contribution in [0, 0.1) is 0 Å². The van der Waals surface area contributed by atoms with Gasteiger partial charge in [-0.25, -0.2) is 9.97 Å². The van der Waals surface area contributed by atoms with Crippen molar-refractivity contribution in [2.24, 2.45) is 4.99 Å². The van der Waals surface area contributed by atoms with E-state index < -0.39 is 0 Å². The number of fused-ring (bicyclic) bond motifs is 1. The summed E-state index contributed by atoms with van der Waals surface area (Å²) in [5.41, 5.74) is 0.938. The second-order valence-corrected chi connectivity index (χ2v) is 6.76. The van der Waals surface area contributed by atoms with Crippen molar-refractivity contribution in [1.29, 1.82) is 0 Å². The van der Waals surface area contributed by atoms with Gasteiger partial charge in [0.2, 0.25) is 5.95 Å². The largest absolute Gasteiger partial charge is 0.461 e. The maximum absolute atomic E-state index is 5.89. The number of rotatable bonds is 5. The fraction of sp³-hybridized carbons (Fsp3) is 0.381. The van der Waals surface area contributed by atoms with Crippen molar-refractivity contribution in [2.45, 2.75) is 13.3 Å². The lowest BCUT2D eigenvalue weighted by Gasteiger charge is -2.36. The highest BCUT2D eigenvalue weighted by Gasteiger charge is 2.21. The van der Waals surface area contributed by atoms with Crippen LogP contribution in [0.4, 0.5) is 5.95 Å². The number of guanidine groups is 1. The first kappa shape index (κ1) is 21.4. The van der Waals surface area contributed by atoms with Gasteiger partial charge in [-0.15, -0.1) is 24.0 Å². The Bertz CT molecular complexity index is 888. The van der Waals surface area contributed by atoms with Crippen LogP contribution in [0.5, 0.6) is 0 Å². The van der Waals surface area contributed by atoms with Crippen molar-refractivity contribution in [3.05, 3.63) is 54.6 Å². The van der Waals surface area contributed by atoms with Crippen LogP contribution in [0.2, 0.25) is 0 Å². The number of furan rings is 1. The van der Waals surface area contributed by atoms with Crippen LogP contribution in [0.15, 0.2) is 58.2 Å². The second-order valence-electron chi connectivity index (χ2n) is 6.76. The highest BCUT2D eigenvalue weighted by Crippen LogP contribution is 2.19. The number of nitrogens with zero attached hydrogens (tertiary/aromatic N) is 5. The minimum atomic E-state index is 0. The number of piperazine rings is 1. The molecule has 3 heterocycles. The standard InChI is InChI=1S/C21H26N6O.HI/c1-2-22-20(25-11-8-18-16-17-6-3-4-7-19(17)28-18)26-12-14-27(15-13-26)21-23-9-5-10-24-21;/h3-7,9-10,16H,2,8,11-15H2,1H3,(H,22,25);1H. The van der Waals surface area contributed by atoms with Gasteiger partial charge in [0.1, 0.15) is 11.3 Å². The molecule has 3 aromatic rings. The number of hydrogen-bond donors (Lipinski definition) is 1. The molecule has 0 bridgehead atoms. The van der Waals surface area contributed by atoms with Gasteiger partial charge in [0.15, 0.2) is 5.96 Å². The first-order valence-corrected chi connectivity index (χ1v) is 9.86. The molecule has 1 saturated heterocycles. The topological polar surface area (TPSA) is 69.8 Å². The summed E-state index contributed by atoms with van der Waals surface area (Å²) in [5.74, 6) is 2.74. The third-order valence-electron chi connectivity index (χ3n) is 4.85. The van der Waals surface area contributed by atoms with Crippen LogP contribution in [-0.4, -0.2) is 60.1 Å². The Hall–Kier alpha value is -2.36. The Labute approximate surface area is 188 Å². The van der Waals surface area contributed by atoms with Gasteiger partial charge in [0, 0.05) is 63.5 Å². The fourth-order valence-corrected chi connectivity index (χ4v) is 3.43. The fourth-order valence-electron chi connectivity index (χ4n) is 3.43. The van der Waals surface area contributed by atoms with Gasteiger partial charge < -0.3 is 19.5 Å². The molecule has 1 N–H and O–H groups in total. The minimum Gasteiger partial charge on any atom is -0.461 e. The number of aliphatic imine (C=N–C) groups is 1. The zero-order valence-corrected chi connectivity index (χ0v) is 19.0. The number of aromatic nitrogens is 2. The number of halogens is 1. The Morgan fingerprint density at radius 2 is 1.86 bits per heavy atom. The number of hydrogen-bond acceptors (Lipinski definition) is 5. The van der Waals surface area contributed by atoms with Gasteiger partial charge in [0.05, 0.1) is 0 Å². The highest BCUT2D eigenvalue weighted by atomic mass is 127. The maximum atomic E-state index is 5.89. The average molecular weight is 506 g/mol. The van der Waals surface area contributed by atoms with E-state index in [1.807, 2.05) is 24.3 Å². The van der Waals surface area contributed by atoms with Crippen molar-refractivity contribution < 1.29 is 4.42 Å². The normalized spacial score (nSPS) is 14.7. The third-order valence-corrected chi connectivity index (χ3v) is 4.85. The van der Waals surface area contributed by atoms with E-state index in [1.54, 1.807) is 12.4 Å². The zero-order chi connectivity index (χ0) is 19.2. The molecule has 0 saturated carbocycles. The van der Waals surface area contributed by atoms with Gasteiger partial charge >= 0.3 is 0 Å². The van der Waals surface area contributed by atoms with E-state index in [1.165, 1.54) is 0 Å². The van der Waals surface area contributed by atoms with Crippen molar-refractivity contribution >= 4 is 46.9 Å². The number of anilines is 1. The molecule has 2 aromatic heterocycles. The van der Waals surface area contributed by atoms with Gasteiger partial charge in [-0.05, 0) is 25.1 Å². The van der Waals surface area contributed by atoms with Crippen LogP contribution in [-0.2, 0) is 6.42 Å². The highest BCUT2D eigenvalue weighted by molar-refractivity contribution is 14.0. The van der Waals surface area contributed by atoms with Crippen molar-refractivity contribution in [3.8, 4) is 0 Å². The number of para-hydroxylation sites is 1. The Morgan fingerprint density at radius 1 is 1.10 bits per heavy atom. The summed E-state index contributed by atoms with van der Waals surface area (Å²) < 4.78 is 5.89. The lowest BCUT2D eigenvalue weighted by molar-refractivity contribution is 0.370. The summed E-state index contributed by atoms with van der Waals surface area (Å²) in [7, 11) is 0. The number of nitrogens with one attached hydrogen (secondary N) is 1. The molecule has 0 atom stereocenters. The molecule has 1 fully saturated rings. The molecule has 1 aliphatic rings. The van der Waals surface area contributed by atoms with Gasteiger partial charge in [-0.2, -0.15) is 0 Å². The lowest BCUT2D eigenvalue weighted by atomic mass is 10.2. The molecular weight excluding hydrogens is 479 g/mol. The van der Waals surface area contributed by atoms with E-state index in [0.29, 0.717) is 6.54 Å². The van der Waals surface area contributed by atoms with Crippen LogP contribution in [0.25, 0.3) is 11.0 Å². The summed E-state index contributed by atoms with van der Waals surface area (Å²) in [6.07, 6.45) is 4.37.